The van der Waals surface area contributed by atoms with Crippen LogP contribution in [-0.4, -0.2) is 4.98 Å². The number of nitrogens with zero attached hydrogens (tertiary/aromatic N) is 1. The molecular weight excluding hydrogens is 247 g/mol. The molecule has 2 rings (SSSR count). The minimum Gasteiger partial charge on any atom is -0.375 e. The zero-order valence-electron chi connectivity index (χ0n) is 10.8. The largest absolute Gasteiger partial charge is 0.375 e. The Balaban J connectivity index is 2.30. The number of hydrogen-bond acceptors (Lipinski definition) is 3. The smallest absolute Gasteiger partial charge is 0.180 e. The second kappa shape index (κ2) is 5.06. The van der Waals surface area contributed by atoms with Crippen LogP contribution in [0.3, 0.4) is 0 Å². The van der Waals surface area contributed by atoms with Gasteiger partial charge in [0.05, 0.1) is 5.69 Å². The Kier molecular flexibility index (Phi) is 3.66. The first-order valence-corrected chi connectivity index (χ1v) is 6.79. The van der Waals surface area contributed by atoms with Crippen LogP contribution < -0.4 is 5.73 Å². The zero-order chi connectivity index (χ0) is 13.3. The van der Waals surface area contributed by atoms with Gasteiger partial charge in [0.1, 0.15) is 5.82 Å². The molecule has 0 amide bonds. The number of aryl methyl sites for hydroxylation is 1. The maximum atomic E-state index is 13.2. The number of nitrogens with two attached hydrogens (primary N) is 1. The number of nitrogen functional groups attached to an aromatic ring is 1. The number of rotatable bonds is 3. The van der Waals surface area contributed by atoms with Gasteiger partial charge in [0.2, 0.25) is 0 Å². The monoisotopic (exact) mass is 264 g/mol. The lowest BCUT2D eigenvalue weighted by Crippen LogP contribution is -1.96. The van der Waals surface area contributed by atoms with Gasteiger partial charge in [-0.25, -0.2) is 9.37 Å². The molecule has 0 aliphatic rings. The standard InChI is InChI=1S/C14H17FN2S/c1-8(2)13-12(18-14(16)17-13)7-10-4-5-11(15)9(3)6-10/h4-6,8H,7H2,1-3H3,(H2,16,17). The first kappa shape index (κ1) is 13.0. The van der Waals surface area contributed by atoms with Gasteiger partial charge >= 0.3 is 0 Å². The quantitative estimate of drug-likeness (QED) is 0.913. The van der Waals surface area contributed by atoms with Crippen molar-refractivity contribution >= 4 is 16.5 Å². The molecule has 0 saturated carbocycles. The van der Waals surface area contributed by atoms with E-state index in [0.717, 1.165) is 17.7 Å². The van der Waals surface area contributed by atoms with Crippen LogP contribution in [0.5, 0.6) is 0 Å². The van der Waals surface area contributed by atoms with E-state index >= 15 is 0 Å². The fraction of sp³-hybridized carbons (Fsp3) is 0.357. The van der Waals surface area contributed by atoms with Crippen LogP contribution >= 0.6 is 11.3 Å². The summed E-state index contributed by atoms with van der Waals surface area (Å²) in [6.45, 7) is 5.99. The van der Waals surface area contributed by atoms with Crippen molar-refractivity contribution in [2.75, 3.05) is 5.73 Å². The molecule has 18 heavy (non-hydrogen) atoms. The van der Waals surface area contributed by atoms with Crippen LogP contribution in [0, 0.1) is 12.7 Å². The summed E-state index contributed by atoms with van der Waals surface area (Å²) in [6, 6.07) is 5.22. The van der Waals surface area contributed by atoms with E-state index in [4.69, 9.17) is 5.73 Å². The van der Waals surface area contributed by atoms with Crippen molar-refractivity contribution in [3.63, 3.8) is 0 Å². The van der Waals surface area contributed by atoms with Crippen molar-refractivity contribution < 1.29 is 4.39 Å². The highest BCUT2D eigenvalue weighted by Crippen LogP contribution is 2.29. The zero-order valence-corrected chi connectivity index (χ0v) is 11.6. The predicted molar refractivity (Wildman–Crippen MR) is 74.6 cm³/mol. The minimum absolute atomic E-state index is 0.161. The molecule has 2 aromatic rings. The number of anilines is 1. The van der Waals surface area contributed by atoms with E-state index in [1.165, 1.54) is 22.3 Å². The van der Waals surface area contributed by atoms with E-state index in [-0.39, 0.29) is 5.82 Å². The number of benzene rings is 1. The highest BCUT2D eigenvalue weighted by atomic mass is 32.1. The van der Waals surface area contributed by atoms with E-state index in [1.807, 2.05) is 12.1 Å². The van der Waals surface area contributed by atoms with Gasteiger partial charge in [0, 0.05) is 11.3 Å². The molecule has 0 unspecified atom stereocenters. The lowest BCUT2D eigenvalue weighted by atomic mass is 10.0. The number of thiazole rings is 1. The molecule has 1 aromatic carbocycles. The van der Waals surface area contributed by atoms with Crippen molar-refractivity contribution in [3.8, 4) is 0 Å². The topological polar surface area (TPSA) is 38.9 Å². The summed E-state index contributed by atoms with van der Waals surface area (Å²) < 4.78 is 13.2. The van der Waals surface area contributed by atoms with Gasteiger partial charge in [0.25, 0.3) is 0 Å². The molecular formula is C14H17FN2S. The average molecular weight is 264 g/mol. The SMILES string of the molecule is Cc1cc(Cc2sc(N)nc2C(C)C)ccc1F. The third-order valence-corrected chi connectivity index (χ3v) is 3.78. The Labute approximate surface area is 111 Å². The summed E-state index contributed by atoms with van der Waals surface area (Å²) in [5, 5.41) is 0.604. The Morgan fingerprint density at radius 3 is 2.72 bits per heavy atom. The van der Waals surface area contributed by atoms with Gasteiger partial charge in [-0.05, 0) is 30.0 Å². The first-order chi connectivity index (χ1) is 8.47. The first-order valence-electron chi connectivity index (χ1n) is 5.97. The lowest BCUT2D eigenvalue weighted by Gasteiger charge is -2.06. The number of aromatic nitrogens is 1. The molecule has 2 N–H and O–H groups in total. The molecule has 0 fully saturated rings. The van der Waals surface area contributed by atoms with Crippen LogP contribution in [0.2, 0.25) is 0 Å². The Morgan fingerprint density at radius 1 is 1.39 bits per heavy atom. The van der Waals surface area contributed by atoms with Crippen LogP contribution in [0.4, 0.5) is 9.52 Å². The van der Waals surface area contributed by atoms with E-state index in [1.54, 1.807) is 6.92 Å². The van der Waals surface area contributed by atoms with Crippen LogP contribution in [0.1, 0.15) is 41.5 Å². The maximum absolute atomic E-state index is 13.2. The molecule has 4 heteroatoms. The van der Waals surface area contributed by atoms with E-state index in [2.05, 4.69) is 18.8 Å². The maximum Gasteiger partial charge on any atom is 0.180 e. The van der Waals surface area contributed by atoms with Gasteiger partial charge in [-0.2, -0.15) is 0 Å². The van der Waals surface area contributed by atoms with Crippen molar-refractivity contribution in [2.45, 2.75) is 33.1 Å². The van der Waals surface area contributed by atoms with Gasteiger partial charge < -0.3 is 5.73 Å². The van der Waals surface area contributed by atoms with Crippen molar-refractivity contribution in [1.29, 1.82) is 0 Å². The van der Waals surface area contributed by atoms with Gasteiger partial charge in [-0.1, -0.05) is 26.0 Å². The third kappa shape index (κ3) is 2.70. The summed E-state index contributed by atoms with van der Waals surface area (Å²) >= 11 is 1.52. The number of hydrogen-bond donors (Lipinski definition) is 1. The second-order valence-corrected chi connectivity index (χ2v) is 5.89. The van der Waals surface area contributed by atoms with Crippen molar-refractivity contribution in [3.05, 3.63) is 45.7 Å². The number of halogens is 1. The summed E-state index contributed by atoms with van der Waals surface area (Å²) in [4.78, 5) is 5.54. The van der Waals surface area contributed by atoms with Gasteiger partial charge in [-0.3, -0.25) is 0 Å². The van der Waals surface area contributed by atoms with Crippen molar-refractivity contribution in [1.82, 2.24) is 4.98 Å². The highest BCUT2D eigenvalue weighted by Gasteiger charge is 2.13. The molecule has 0 radical (unpaired) electrons. The minimum atomic E-state index is -0.161. The normalized spacial score (nSPS) is 11.2. The molecule has 1 heterocycles. The van der Waals surface area contributed by atoms with Crippen LogP contribution in [0.15, 0.2) is 18.2 Å². The molecule has 2 nitrogen and oxygen atoms in total. The summed E-state index contributed by atoms with van der Waals surface area (Å²) in [6.07, 6.45) is 0.767. The van der Waals surface area contributed by atoms with Crippen molar-refractivity contribution in [2.24, 2.45) is 0 Å². The van der Waals surface area contributed by atoms with E-state index < -0.39 is 0 Å². The van der Waals surface area contributed by atoms with Crippen LogP contribution in [-0.2, 0) is 6.42 Å². The summed E-state index contributed by atoms with van der Waals surface area (Å²) in [7, 11) is 0. The fourth-order valence-electron chi connectivity index (χ4n) is 1.96. The molecule has 0 bridgehead atoms. The molecule has 0 aliphatic heterocycles. The molecule has 0 aliphatic carbocycles. The highest BCUT2D eigenvalue weighted by molar-refractivity contribution is 7.15. The third-order valence-electron chi connectivity index (χ3n) is 2.88. The Bertz CT molecular complexity index is 561. The van der Waals surface area contributed by atoms with Gasteiger partial charge in [0.15, 0.2) is 5.13 Å². The molecule has 96 valence electrons. The molecule has 0 spiro atoms. The fourth-order valence-corrected chi connectivity index (χ4v) is 2.98. The second-order valence-electron chi connectivity index (χ2n) is 4.78. The van der Waals surface area contributed by atoms with E-state index in [0.29, 0.717) is 16.6 Å². The average Bonchev–Trinajstić information content (AvgIpc) is 2.65. The Hall–Kier alpha value is -1.42. The summed E-state index contributed by atoms with van der Waals surface area (Å²) in [5.74, 6) is 0.196. The van der Waals surface area contributed by atoms with Crippen LogP contribution in [0.25, 0.3) is 0 Å². The van der Waals surface area contributed by atoms with E-state index in [9.17, 15) is 4.39 Å². The lowest BCUT2D eigenvalue weighted by molar-refractivity contribution is 0.618. The molecule has 0 saturated heterocycles. The molecule has 0 atom stereocenters. The Morgan fingerprint density at radius 2 is 2.11 bits per heavy atom. The predicted octanol–water partition coefficient (Wildman–Crippen LogP) is 3.89. The van der Waals surface area contributed by atoms with Gasteiger partial charge in [-0.15, -0.1) is 11.3 Å². The summed E-state index contributed by atoms with van der Waals surface area (Å²) in [5.41, 5.74) is 8.60. The molecule has 1 aromatic heterocycles.